The van der Waals surface area contributed by atoms with Crippen molar-refractivity contribution in [3.05, 3.63) is 72.9 Å². The first-order valence-electron chi connectivity index (χ1n) is 8.49. The van der Waals surface area contributed by atoms with Crippen molar-refractivity contribution in [3.8, 4) is 17.4 Å². The van der Waals surface area contributed by atoms with Crippen LogP contribution in [-0.2, 0) is 4.79 Å². The van der Waals surface area contributed by atoms with Gasteiger partial charge in [-0.25, -0.2) is 4.98 Å². The molecule has 2 aromatic carbocycles. The number of anilines is 1. The van der Waals surface area contributed by atoms with Gasteiger partial charge in [-0.05, 0) is 48.5 Å². The van der Waals surface area contributed by atoms with Gasteiger partial charge in [0, 0.05) is 23.3 Å². The summed E-state index contributed by atoms with van der Waals surface area (Å²) >= 11 is 1.65. The standard InChI is InChI=1S/C21H20N2O3S/c1-25-16-9-11-17(12-10-16)26-21-19(8-5-14-22-21)23-20(24)13-15-27-18-6-3-2-4-7-18/h2-12,14H,13,15H2,1H3,(H,23,24). The van der Waals surface area contributed by atoms with E-state index < -0.39 is 0 Å². The predicted octanol–water partition coefficient (Wildman–Crippen LogP) is 5.00. The molecule has 1 aromatic heterocycles. The molecule has 0 aliphatic heterocycles. The Morgan fingerprint density at radius 1 is 1.00 bits per heavy atom. The van der Waals surface area contributed by atoms with Gasteiger partial charge >= 0.3 is 0 Å². The zero-order valence-corrected chi connectivity index (χ0v) is 15.7. The monoisotopic (exact) mass is 380 g/mol. The fourth-order valence-electron chi connectivity index (χ4n) is 2.31. The number of pyridine rings is 1. The fraction of sp³-hybridized carbons (Fsp3) is 0.143. The van der Waals surface area contributed by atoms with Crippen LogP contribution in [-0.4, -0.2) is 23.8 Å². The van der Waals surface area contributed by atoms with Crippen molar-refractivity contribution in [1.82, 2.24) is 4.98 Å². The van der Waals surface area contributed by atoms with Gasteiger partial charge in [-0.2, -0.15) is 0 Å². The molecule has 0 fully saturated rings. The number of benzene rings is 2. The summed E-state index contributed by atoms with van der Waals surface area (Å²) in [5, 5.41) is 2.88. The molecular formula is C21H20N2O3S. The Kier molecular flexibility index (Phi) is 6.71. The van der Waals surface area contributed by atoms with E-state index in [0.29, 0.717) is 29.5 Å². The van der Waals surface area contributed by atoms with Crippen LogP contribution < -0.4 is 14.8 Å². The van der Waals surface area contributed by atoms with Crippen LogP contribution in [0.15, 0.2) is 77.8 Å². The SMILES string of the molecule is COc1ccc(Oc2ncccc2NC(=O)CCSc2ccccc2)cc1. The second-order valence-corrected chi connectivity index (χ2v) is 6.76. The van der Waals surface area contributed by atoms with Crippen LogP contribution in [0.3, 0.4) is 0 Å². The van der Waals surface area contributed by atoms with Gasteiger partial charge in [0.2, 0.25) is 11.8 Å². The highest BCUT2D eigenvalue weighted by atomic mass is 32.2. The van der Waals surface area contributed by atoms with Gasteiger partial charge in [-0.15, -0.1) is 11.8 Å². The van der Waals surface area contributed by atoms with Gasteiger partial charge in [0.25, 0.3) is 0 Å². The van der Waals surface area contributed by atoms with Gasteiger partial charge < -0.3 is 14.8 Å². The van der Waals surface area contributed by atoms with E-state index in [0.717, 1.165) is 10.6 Å². The van der Waals surface area contributed by atoms with E-state index in [1.807, 2.05) is 30.3 Å². The van der Waals surface area contributed by atoms with Crippen molar-refractivity contribution < 1.29 is 14.3 Å². The Balaban J connectivity index is 1.57. The minimum atomic E-state index is -0.0778. The second kappa shape index (κ2) is 9.64. The molecule has 5 nitrogen and oxygen atoms in total. The van der Waals surface area contributed by atoms with Gasteiger partial charge in [0.1, 0.15) is 17.2 Å². The molecule has 0 saturated carbocycles. The summed E-state index contributed by atoms with van der Waals surface area (Å²) in [4.78, 5) is 17.6. The Labute approximate surface area is 162 Å². The predicted molar refractivity (Wildman–Crippen MR) is 108 cm³/mol. The lowest BCUT2D eigenvalue weighted by molar-refractivity contribution is -0.115. The third kappa shape index (κ3) is 5.76. The van der Waals surface area contributed by atoms with E-state index in [-0.39, 0.29) is 5.91 Å². The first kappa shape index (κ1) is 18.8. The lowest BCUT2D eigenvalue weighted by Gasteiger charge is -2.11. The average Bonchev–Trinajstić information content (AvgIpc) is 2.71. The maximum atomic E-state index is 12.3. The number of nitrogens with zero attached hydrogens (tertiary/aromatic N) is 1. The van der Waals surface area contributed by atoms with Crippen molar-refractivity contribution in [3.63, 3.8) is 0 Å². The number of amides is 1. The molecule has 0 bridgehead atoms. The molecule has 0 atom stereocenters. The van der Waals surface area contributed by atoms with Crippen LogP contribution in [0.1, 0.15) is 6.42 Å². The van der Waals surface area contributed by atoms with Crippen LogP contribution in [0.4, 0.5) is 5.69 Å². The van der Waals surface area contributed by atoms with Crippen molar-refractivity contribution in [2.75, 3.05) is 18.2 Å². The number of ether oxygens (including phenoxy) is 2. The number of hydrogen-bond donors (Lipinski definition) is 1. The van der Waals surface area contributed by atoms with E-state index in [9.17, 15) is 4.79 Å². The zero-order chi connectivity index (χ0) is 18.9. The van der Waals surface area contributed by atoms with Crippen LogP contribution in [0.2, 0.25) is 0 Å². The summed E-state index contributed by atoms with van der Waals surface area (Å²) in [7, 11) is 1.61. The topological polar surface area (TPSA) is 60.5 Å². The number of thioether (sulfide) groups is 1. The highest BCUT2D eigenvalue weighted by Gasteiger charge is 2.10. The number of aromatic nitrogens is 1. The molecule has 3 rings (SSSR count). The van der Waals surface area contributed by atoms with Crippen molar-refractivity contribution in [1.29, 1.82) is 0 Å². The molecule has 27 heavy (non-hydrogen) atoms. The number of nitrogens with one attached hydrogen (secondary N) is 1. The Hall–Kier alpha value is -2.99. The van der Waals surface area contributed by atoms with E-state index in [2.05, 4.69) is 10.3 Å². The van der Waals surface area contributed by atoms with Crippen molar-refractivity contribution in [2.45, 2.75) is 11.3 Å². The van der Waals surface area contributed by atoms with Crippen molar-refractivity contribution in [2.24, 2.45) is 0 Å². The molecule has 3 aromatic rings. The summed E-state index contributed by atoms with van der Waals surface area (Å²) in [6, 6.07) is 20.7. The summed E-state index contributed by atoms with van der Waals surface area (Å²) in [6.45, 7) is 0. The third-order valence-corrected chi connectivity index (χ3v) is 4.67. The van der Waals surface area contributed by atoms with E-state index in [1.54, 1.807) is 61.5 Å². The van der Waals surface area contributed by atoms with Crippen LogP contribution in [0.5, 0.6) is 17.4 Å². The van der Waals surface area contributed by atoms with Crippen LogP contribution in [0.25, 0.3) is 0 Å². The first-order valence-corrected chi connectivity index (χ1v) is 9.48. The van der Waals surface area contributed by atoms with E-state index in [4.69, 9.17) is 9.47 Å². The molecule has 0 aliphatic carbocycles. The Morgan fingerprint density at radius 3 is 2.48 bits per heavy atom. The number of methoxy groups -OCH3 is 1. The largest absolute Gasteiger partial charge is 0.497 e. The Bertz CT molecular complexity index is 870. The van der Waals surface area contributed by atoms with Crippen LogP contribution >= 0.6 is 11.8 Å². The van der Waals surface area contributed by atoms with Gasteiger partial charge in [-0.3, -0.25) is 4.79 Å². The minimum Gasteiger partial charge on any atom is -0.497 e. The number of carbonyl (C=O) groups is 1. The molecule has 6 heteroatoms. The summed E-state index contributed by atoms with van der Waals surface area (Å²) in [6.07, 6.45) is 2.02. The van der Waals surface area contributed by atoms with E-state index in [1.165, 1.54) is 0 Å². The molecule has 1 heterocycles. The minimum absolute atomic E-state index is 0.0778. The highest BCUT2D eigenvalue weighted by Crippen LogP contribution is 2.28. The highest BCUT2D eigenvalue weighted by molar-refractivity contribution is 7.99. The maximum Gasteiger partial charge on any atom is 0.243 e. The molecule has 1 amide bonds. The van der Waals surface area contributed by atoms with Gasteiger partial charge in [-0.1, -0.05) is 18.2 Å². The van der Waals surface area contributed by atoms with Crippen LogP contribution in [0, 0.1) is 0 Å². The fourth-order valence-corrected chi connectivity index (χ4v) is 3.19. The lowest BCUT2D eigenvalue weighted by Crippen LogP contribution is -2.13. The summed E-state index contributed by atoms with van der Waals surface area (Å²) in [5.41, 5.74) is 0.544. The molecule has 0 spiro atoms. The molecule has 1 N–H and O–H groups in total. The van der Waals surface area contributed by atoms with Gasteiger partial charge in [0.05, 0.1) is 7.11 Å². The average molecular weight is 380 g/mol. The molecule has 0 radical (unpaired) electrons. The van der Waals surface area contributed by atoms with Gasteiger partial charge in [0.15, 0.2) is 0 Å². The first-order chi connectivity index (χ1) is 13.2. The molecular weight excluding hydrogens is 360 g/mol. The third-order valence-electron chi connectivity index (χ3n) is 3.66. The Morgan fingerprint density at radius 2 is 1.74 bits per heavy atom. The smallest absolute Gasteiger partial charge is 0.243 e. The summed E-state index contributed by atoms with van der Waals surface area (Å²) < 4.78 is 10.9. The molecule has 0 saturated heterocycles. The van der Waals surface area contributed by atoms with Crippen molar-refractivity contribution >= 4 is 23.4 Å². The van der Waals surface area contributed by atoms with E-state index >= 15 is 0 Å². The zero-order valence-electron chi connectivity index (χ0n) is 14.9. The number of rotatable bonds is 8. The molecule has 138 valence electrons. The summed E-state index contributed by atoms with van der Waals surface area (Å²) in [5.74, 6) is 2.33. The normalized spacial score (nSPS) is 10.3. The maximum absolute atomic E-state index is 12.3. The number of carbonyl (C=O) groups excluding carboxylic acids is 1. The second-order valence-electron chi connectivity index (χ2n) is 5.59. The number of hydrogen-bond acceptors (Lipinski definition) is 5. The molecule has 0 unspecified atom stereocenters. The lowest BCUT2D eigenvalue weighted by atomic mass is 10.3. The molecule has 0 aliphatic rings. The quantitative estimate of drug-likeness (QED) is 0.557.